The summed E-state index contributed by atoms with van der Waals surface area (Å²) in [6.07, 6.45) is 1.77. The van der Waals surface area contributed by atoms with E-state index in [1.54, 1.807) is 22.2 Å². The molecule has 0 aromatic carbocycles. The average Bonchev–Trinajstić information content (AvgIpc) is 2.72. The van der Waals surface area contributed by atoms with Crippen molar-refractivity contribution in [2.45, 2.75) is 13.5 Å². The van der Waals surface area contributed by atoms with Crippen LogP contribution in [0.1, 0.15) is 11.3 Å². The lowest BCUT2D eigenvalue weighted by Crippen LogP contribution is -2.05. The number of hydrogen-bond acceptors (Lipinski definition) is 4. The first-order valence-electron chi connectivity index (χ1n) is 4.37. The molecule has 0 aliphatic carbocycles. The molecule has 0 saturated carbocycles. The molecule has 0 bridgehead atoms. The van der Waals surface area contributed by atoms with Crippen molar-refractivity contribution in [3.63, 3.8) is 0 Å². The van der Waals surface area contributed by atoms with E-state index >= 15 is 0 Å². The molecule has 74 valence electrons. The summed E-state index contributed by atoms with van der Waals surface area (Å²) < 4.78 is 1.77. The van der Waals surface area contributed by atoms with Crippen molar-refractivity contribution in [2.75, 3.05) is 5.32 Å². The highest BCUT2D eigenvalue weighted by molar-refractivity contribution is 7.08. The maximum absolute atomic E-state index is 3.87. The summed E-state index contributed by atoms with van der Waals surface area (Å²) in [7, 11) is 1.89. The quantitative estimate of drug-likeness (QED) is 0.836. The Morgan fingerprint density at radius 2 is 2.36 bits per heavy atom. The summed E-state index contributed by atoms with van der Waals surface area (Å²) in [6, 6.07) is 0. The van der Waals surface area contributed by atoms with Gasteiger partial charge in [0.1, 0.15) is 0 Å². The van der Waals surface area contributed by atoms with Gasteiger partial charge in [0.05, 0.1) is 18.4 Å². The van der Waals surface area contributed by atoms with Gasteiger partial charge in [-0.3, -0.25) is 4.68 Å². The molecule has 0 amide bonds. The van der Waals surface area contributed by atoms with Gasteiger partial charge < -0.3 is 5.32 Å². The predicted octanol–water partition coefficient (Wildman–Crippen LogP) is 1.80. The molecule has 4 nitrogen and oxygen atoms in total. The van der Waals surface area contributed by atoms with Crippen LogP contribution >= 0.6 is 11.3 Å². The molecular weight excluding hydrogens is 196 g/mol. The van der Waals surface area contributed by atoms with Gasteiger partial charge in [0.25, 0.3) is 0 Å². The van der Waals surface area contributed by atoms with Crippen LogP contribution in [0.3, 0.4) is 0 Å². The lowest BCUT2D eigenvalue weighted by Gasteiger charge is -2.04. The molecule has 2 aromatic rings. The average molecular weight is 208 g/mol. The number of anilines is 1. The van der Waals surface area contributed by atoms with E-state index in [1.165, 1.54) is 11.3 Å². The van der Waals surface area contributed by atoms with E-state index in [2.05, 4.69) is 33.3 Å². The largest absolute Gasteiger partial charge is 0.378 e. The Labute approximate surface area is 86.6 Å². The van der Waals surface area contributed by atoms with Crippen LogP contribution in [-0.2, 0) is 13.6 Å². The molecule has 0 unspecified atom stereocenters. The Morgan fingerprint density at radius 1 is 1.50 bits per heavy atom. The zero-order valence-corrected chi connectivity index (χ0v) is 9.01. The standard InChI is InChI=1S/C9H12N4S/c1-7-5-14-6-9(7)10-3-8-4-11-12-13(8)2/h4-6,10H,3H2,1-2H3. The van der Waals surface area contributed by atoms with Crippen molar-refractivity contribution in [1.82, 2.24) is 15.0 Å². The number of nitrogens with zero attached hydrogens (tertiary/aromatic N) is 3. The van der Waals surface area contributed by atoms with E-state index in [4.69, 9.17) is 0 Å². The number of aryl methyl sites for hydroxylation is 2. The Kier molecular flexibility index (Phi) is 2.49. The molecule has 5 heteroatoms. The number of nitrogens with one attached hydrogen (secondary N) is 1. The van der Waals surface area contributed by atoms with E-state index in [1.807, 2.05) is 7.05 Å². The van der Waals surface area contributed by atoms with Gasteiger partial charge in [0, 0.05) is 18.1 Å². The SMILES string of the molecule is Cc1cscc1NCc1cnnn1C. The normalized spacial score (nSPS) is 10.4. The van der Waals surface area contributed by atoms with E-state index in [-0.39, 0.29) is 0 Å². The molecule has 0 fully saturated rings. The van der Waals surface area contributed by atoms with Crippen molar-refractivity contribution < 1.29 is 0 Å². The van der Waals surface area contributed by atoms with Crippen molar-refractivity contribution in [2.24, 2.45) is 7.05 Å². The summed E-state index contributed by atoms with van der Waals surface area (Å²) in [6.45, 7) is 2.86. The minimum Gasteiger partial charge on any atom is -0.378 e. The first-order chi connectivity index (χ1) is 6.77. The smallest absolute Gasteiger partial charge is 0.0774 e. The summed E-state index contributed by atoms with van der Waals surface area (Å²) in [5.74, 6) is 0. The lowest BCUT2D eigenvalue weighted by atomic mass is 10.3. The minimum atomic E-state index is 0.765. The van der Waals surface area contributed by atoms with Crippen molar-refractivity contribution in [3.8, 4) is 0 Å². The fraction of sp³-hybridized carbons (Fsp3) is 0.333. The number of hydrogen-bond donors (Lipinski definition) is 1. The van der Waals surface area contributed by atoms with Gasteiger partial charge >= 0.3 is 0 Å². The first kappa shape index (κ1) is 9.21. The fourth-order valence-corrected chi connectivity index (χ4v) is 2.00. The van der Waals surface area contributed by atoms with Gasteiger partial charge in [-0.2, -0.15) is 0 Å². The van der Waals surface area contributed by atoms with Crippen LogP contribution in [0, 0.1) is 6.92 Å². The van der Waals surface area contributed by atoms with Gasteiger partial charge in [-0.05, 0) is 17.9 Å². The highest BCUT2D eigenvalue weighted by Crippen LogP contribution is 2.19. The first-order valence-corrected chi connectivity index (χ1v) is 5.32. The second-order valence-corrected chi connectivity index (χ2v) is 3.91. The highest BCUT2D eigenvalue weighted by atomic mass is 32.1. The van der Waals surface area contributed by atoms with Gasteiger partial charge in [-0.25, -0.2) is 0 Å². The molecule has 0 atom stereocenters. The topological polar surface area (TPSA) is 42.7 Å². The molecule has 2 heterocycles. The number of rotatable bonds is 3. The Balaban J connectivity index is 2.02. The zero-order valence-electron chi connectivity index (χ0n) is 8.19. The molecule has 14 heavy (non-hydrogen) atoms. The Bertz CT molecular complexity index is 378. The molecular formula is C9H12N4S. The lowest BCUT2D eigenvalue weighted by molar-refractivity contribution is 0.683. The molecule has 0 spiro atoms. The molecule has 0 aliphatic heterocycles. The van der Waals surface area contributed by atoms with Crippen molar-refractivity contribution in [3.05, 3.63) is 28.2 Å². The van der Waals surface area contributed by atoms with Crippen LogP contribution in [0.5, 0.6) is 0 Å². The summed E-state index contributed by atoms with van der Waals surface area (Å²) >= 11 is 1.71. The maximum Gasteiger partial charge on any atom is 0.0774 e. The van der Waals surface area contributed by atoms with Crippen LogP contribution in [0.25, 0.3) is 0 Å². The van der Waals surface area contributed by atoms with Gasteiger partial charge in [0.15, 0.2) is 0 Å². The van der Waals surface area contributed by atoms with E-state index < -0.39 is 0 Å². The molecule has 2 rings (SSSR count). The van der Waals surface area contributed by atoms with Crippen LogP contribution in [-0.4, -0.2) is 15.0 Å². The predicted molar refractivity (Wildman–Crippen MR) is 57.4 cm³/mol. The third kappa shape index (κ3) is 1.77. The molecule has 2 aromatic heterocycles. The zero-order chi connectivity index (χ0) is 9.97. The maximum atomic E-state index is 3.87. The fourth-order valence-electron chi connectivity index (χ4n) is 1.20. The van der Waals surface area contributed by atoms with Crippen LogP contribution in [0.4, 0.5) is 5.69 Å². The molecule has 0 aliphatic rings. The van der Waals surface area contributed by atoms with Crippen LogP contribution in [0.2, 0.25) is 0 Å². The monoisotopic (exact) mass is 208 g/mol. The van der Waals surface area contributed by atoms with Crippen molar-refractivity contribution >= 4 is 17.0 Å². The van der Waals surface area contributed by atoms with Gasteiger partial charge in [-0.1, -0.05) is 5.21 Å². The number of thiophene rings is 1. The van der Waals surface area contributed by atoms with Gasteiger partial charge in [0.2, 0.25) is 0 Å². The second kappa shape index (κ2) is 3.79. The summed E-state index contributed by atoms with van der Waals surface area (Å²) in [5.41, 5.74) is 3.55. The summed E-state index contributed by atoms with van der Waals surface area (Å²) in [5, 5.41) is 15.3. The third-order valence-electron chi connectivity index (χ3n) is 2.12. The molecule has 0 radical (unpaired) electrons. The van der Waals surface area contributed by atoms with E-state index in [9.17, 15) is 0 Å². The third-order valence-corrected chi connectivity index (χ3v) is 2.99. The van der Waals surface area contributed by atoms with Crippen LogP contribution in [0.15, 0.2) is 17.0 Å². The van der Waals surface area contributed by atoms with Crippen LogP contribution < -0.4 is 5.32 Å². The molecule has 0 saturated heterocycles. The van der Waals surface area contributed by atoms with Gasteiger partial charge in [-0.15, -0.1) is 16.4 Å². The molecule has 1 N–H and O–H groups in total. The minimum absolute atomic E-state index is 0.765. The number of aromatic nitrogens is 3. The second-order valence-electron chi connectivity index (χ2n) is 3.17. The summed E-state index contributed by atoms with van der Waals surface area (Å²) in [4.78, 5) is 0. The van der Waals surface area contributed by atoms with E-state index in [0.29, 0.717) is 0 Å². The highest BCUT2D eigenvalue weighted by Gasteiger charge is 2.01. The van der Waals surface area contributed by atoms with Crippen molar-refractivity contribution in [1.29, 1.82) is 0 Å². The van der Waals surface area contributed by atoms with E-state index in [0.717, 1.165) is 12.2 Å². The Hall–Kier alpha value is -1.36. The Morgan fingerprint density at radius 3 is 2.93 bits per heavy atom.